The van der Waals surface area contributed by atoms with E-state index in [1.54, 1.807) is 7.11 Å². The molecule has 24 heavy (non-hydrogen) atoms. The Labute approximate surface area is 144 Å². The van der Waals surface area contributed by atoms with Gasteiger partial charge in [-0.15, -0.1) is 0 Å². The van der Waals surface area contributed by atoms with Crippen LogP contribution in [0.5, 0.6) is 5.75 Å². The Morgan fingerprint density at radius 2 is 2.00 bits per heavy atom. The number of methoxy groups -OCH3 is 1. The number of ether oxygens (including phenoxy) is 1. The summed E-state index contributed by atoms with van der Waals surface area (Å²) >= 11 is 0. The third kappa shape index (κ3) is 4.98. The quantitative estimate of drug-likeness (QED) is 0.655. The van der Waals surface area contributed by atoms with E-state index >= 15 is 0 Å². The lowest BCUT2D eigenvalue weighted by molar-refractivity contribution is 0.414. The highest BCUT2D eigenvalue weighted by molar-refractivity contribution is 5.79. The fraction of sp³-hybridized carbons (Fsp3) is 0.368. The van der Waals surface area contributed by atoms with Crippen molar-refractivity contribution >= 4 is 5.96 Å². The first kappa shape index (κ1) is 17.8. The fourth-order valence-electron chi connectivity index (χ4n) is 2.38. The van der Waals surface area contributed by atoms with E-state index in [0.29, 0.717) is 6.54 Å². The summed E-state index contributed by atoms with van der Waals surface area (Å²) in [6, 6.07) is 12.1. The van der Waals surface area contributed by atoms with E-state index in [1.165, 1.54) is 5.56 Å². The lowest BCUT2D eigenvalue weighted by Crippen LogP contribution is -2.38. The van der Waals surface area contributed by atoms with Crippen molar-refractivity contribution in [1.82, 2.24) is 15.2 Å². The third-order valence-corrected chi connectivity index (χ3v) is 3.77. The van der Waals surface area contributed by atoms with Crippen LogP contribution < -0.4 is 10.1 Å². The van der Waals surface area contributed by atoms with Crippen LogP contribution in [0.1, 0.15) is 23.7 Å². The summed E-state index contributed by atoms with van der Waals surface area (Å²) in [5, 5.41) is 3.34. The molecule has 0 bridgehead atoms. The smallest absolute Gasteiger partial charge is 0.194 e. The zero-order chi connectivity index (χ0) is 17.4. The molecular weight excluding hydrogens is 300 g/mol. The van der Waals surface area contributed by atoms with E-state index in [4.69, 9.17) is 9.73 Å². The number of benzene rings is 1. The van der Waals surface area contributed by atoms with Gasteiger partial charge in [0.2, 0.25) is 0 Å². The molecule has 0 atom stereocenters. The first-order chi connectivity index (χ1) is 11.6. The predicted octanol–water partition coefficient (Wildman–Crippen LogP) is 3.00. The molecule has 0 radical (unpaired) electrons. The maximum Gasteiger partial charge on any atom is 0.194 e. The third-order valence-electron chi connectivity index (χ3n) is 3.77. The summed E-state index contributed by atoms with van der Waals surface area (Å²) in [5.41, 5.74) is 3.37. The van der Waals surface area contributed by atoms with Crippen molar-refractivity contribution in [2.75, 3.05) is 20.7 Å². The number of nitrogens with one attached hydrogen (secondary N) is 1. The summed E-state index contributed by atoms with van der Waals surface area (Å²) < 4.78 is 5.20. The number of aromatic nitrogens is 1. The molecule has 1 N–H and O–H groups in total. The number of hydrogen-bond acceptors (Lipinski definition) is 3. The van der Waals surface area contributed by atoms with Gasteiger partial charge in [-0.1, -0.05) is 18.2 Å². The van der Waals surface area contributed by atoms with Crippen LogP contribution in [0.15, 0.2) is 47.6 Å². The Balaban J connectivity index is 2.07. The lowest BCUT2D eigenvalue weighted by atomic mass is 10.2. The molecule has 0 aliphatic carbocycles. The molecule has 1 aromatic carbocycles. The lowest BCUT2D eigenvalue weighted by Gasteiger charge is -2.22. The monoisotopic (exact) mass is 326 g/mol. The van der Waals surface area contributed by atoms with Crippen molar-refractivity contribution in [2.24, 2.45) is 4.99 Å². The number of hydrogen-bond donors (Lipinski definition) is 1. The normalized spacial score (nSPS) is 11.2. The van der Waals surface area contributed by atoms with Gasteiger partial charge in [0.15, 0.2) is 5.96 Å². The number of rotatable bonds is 6. The maximum absolute atomic E-state index is 5.20. The van der Waals surface area contributed by atoms with Gasteiger partial charge in [0.1, 0.15) is 5.75 Å². The molecule has 0 saturated heterocycles. The van der Waals surface area contributed by atoms with Crippen molar-refractivity contribution in [2.45, 2.75) is 26.9 Å². The number of nitrogens with zero attached hydrogens (tertiary/aromatic N) is 3. The van der Waals surface area contributed by atoms with Crippen molar-refractivity contribution in [1.29, 1.82) is 0 Å². The van der Waals surface area contributed by atoms with Crippen LogP contribution in [-0.4, -0.2) is 36.5 Å². The van der Waals surface area contributed by atoms with Gasteiger partial charge in [0.25, 0.3) is 0 Å². The van der Waals surface area contributed by atoms with Crippen molar-refractivity contribution in [3.63, 3.8) is 0 Å². The Bertz CT molecular complexity index is 667. The van der Waals surface area contributed by atoms with Gasteiger partial charge >= 0.3 is 0 Å². The average Bonchev–Trinajstić information content (AvgIpc) is 2.60. The fourth-order valence-corrected chi connectivity index (χ4v) is 2.38. The first-order valence-corrected chi connectivity index (χ1v) is 8.17. The van der Waals surface area contributed by atoms with Crippen molar-refractivity contribution < 1.29 is 4.74 Å². The zero-order valence-corrected chi connectivity index (χ0v) is 14.9. The molecule has 2 aromatic rings. The molecule has 0 saturated carbocycles. The van der Waals surface area contributed by atoms with E-state index in [0.717, 1.165) is 36.1 Å². The zero-order valence-electron chi connectivity index (χ0n) is 14.9. The summed E-state index contributed by atoms with van der Waals surface area (Å²) in [4.78, 5) is 11.2. The van der Waals surface area contributed by atoms with Gasteiger partial charge in [0.05, 0.1) is 19.3 Å². The van der Waals surface area contributed by atoms with Gasteiger partial charge in [-0.05, 0) is 43.2 Å². The molecule has 128 valence electrons. The predicted molar refractivity (Wildman–Crippen MR) is 98.3 cm³/mol. The standard InChI is InChI=1S/C19H26N4O/c1-5-20-19(22-13-18-15(2)7-6-12-21-18)23(3)14-16-8-10-17(24-4)11-9-16/h6-12H,5,13-14H2,1-4H3,(H,20,22). The molecule has 0 spiro atoms. The molecule has 0 aliphatic rings. The summed E-state index contributed by atoms with van der Waals surface area (Å²) in [7, 11) is 3.72. The molecule has 0 amide bonds. The number of guanidine groups is 1. The molecule has 2 rings (SSSR count). The molecule has 0 fully saturated rings. The second kappa shape index (κ2) is 8.91. The van der Waals surface area contributed by atoms with Crippen molar-refractivity contribution in [3.05, 3.63) is 59.4 Å². The molecule has 5 nitrogen and oxygen atoms in total. The number of aryl methyl sites for hydroxylation is 1. The minimum absolute atomic E-state index is 0.571. The Hall–Kier alpha value is -2.56. The minimum atomic E-state index is 0.571. The highest BCUT2D eigenvalue weighted by Gasteiger charge is 2.07. The van der Waals surface area contributed by atoms with Crippen LogP contribution in [0.2, 0.25) is 0 Å². The largest absolute Gasteiger partial charge is 0.497 e. The van der Waals surface area contributed by atoms with Gasteiger partial charge in [-0.2, -0.15) is 0 Å². The van der Waals surface area contributed by atoms with Gasteiger partial charge in [0, 0.05) is 26.3 Å². The highest BCUT2D eigenvalue weighted by atomic mass is 16.5. The molecule has 5 heteroatoms. The van der Waals surface area contributed by atoms with Gasteiger partial charge in [-0.25, -0.2) is 4.99 Å². The molecule has 1 heterocycles. The van der Waals surface area contributed by atoms with Gasteiger partial charge in [-0.3, -0.25) is 4.98 Å². The summed E-state index contributed by atoms with van der Waals surface area (Å²) in [5.74, 6) is 1.74. The van der Waals surface area contributed by atoms with Crippen LogP contribution in [0.25, 0.3) is 0 Å². The second-order valence-corrected chi connectivity index (χ2v) is 5.64. The minimum Gasteiger partial charge on any atom is -0.497 e. The van der Waals surface area contributed by atoms with Crippen LogP contribution in [0.3, 0.4) is 0 Å². The molecule has 0 unspecified atom stereocenters. The highest BCUT2D eigenvalue weighted by Crippen LogP contribution is 2.13. The topological polar surface area (TPSA) is 49.8 Å². The Morgan fingerprint density at radius 1 is 1.25 bits per heavy atom. The summed E-state index contributed by atoms with van der Waals surface area (Å²) in [6.45, 7) is 6.31. The first-order valence-electron chi connectivity index (χ1n) is 8.17. The van der Waals surface area contributed by atoms with Gasteiger partial charge < -0.3 is 15.0 Å². The van der Waals surface area contributed by atoms with E-state index in [9.17, 15) is 0 Å². The Morgan fingerprint density at radius 3 is 2.62 bits per heavy atom. The average molecular weight is 326 g/mol. The van der Waals surface area contributed by atoms with Crippen LogP contribution in [0.4, 0.5) is 0 Å². The van der Waals surface area contributed by atoms with Crippen LogP contribution in [-0.2, 0) is 13.1 Å². The number of aliphatic imine (C=N–C) groups is 1. The van der Waals surface area contributed by atoms with Crippen LogP contribution >= 0.6 is 0 Å². The molecular formula is C19H26N4O. The van der Waals surface area contributed by atoms with E-state index in [1.807, 2.05) is 31.4 Å². The van der Waals surface area contributed by atoms with E-state index in [-0.39, 0.29) is 0 Å². The molecule has 0 aliphatic heterocycles. The second-order valence-electron chi connectivity index (χ2n) is 5.64. The SMILES string of the molecule is CCNC(=NCc1ncccc1C)N(C)Cc1ccc(OC)cc1. The maximum atomic E-state index is 5.20. The Kier molecular flexibility index (Phi) is 6.61. The van der Waals surface area contributed by atoms with E-state index in [2.05, 4.69) is 47.2 Å². The summed E-state index contributed by atoms with van der Waals surface area (Å²) in [6.07, 6.45) is 1.81. The van der Waals surface area contributed by atoms with Crippen molar-refractivity contribution in [3.8, 4) is 5.75 Å². The van der Waals surface area contributed by atoms with E-state index < -0.39 is 0 Å². The van der Waals surface area contributed by atoms with Crippen LogP contribution in [0, 0.1) is 6.92 Å². The molecule has 1 aromatic heterocycles. The number of pyridine rings is 1.